The Kier molecular flexibility index (Phi) is 6.64. The molecule has 0 unspecified atom stereocenters. The van der Waals surface area contributed by atoms with Gasteiger partial charge < -0.3 is 4.74 Å². The summed E-state index contributed by atoms with van der Waals surface area (Å²) in [6, 6.07) is 15.7. The molecule has 154 valence electrons. The van der Waals surface area contributed by atoms with Gasteiger partial charge in [-0.1, -0.05) is 54.2 Å². The minimum absolute atomic E-state index is 0.0700. The van der Waals surface area contributed by atoms with Crippen molar-refractivity contribution in [2.45, 2.75) is 44.0 Å². The van der Waals surface area contributed by atoms with Gasteiger partial charge in [0, 0.05) is 12.1 Å². The predicted octanol–water partition coefficient (Wildman–Crippen LogP) is 4.90. The van der Waals surface area contributed by atoms with Gasteiger partial charge in [0.25, 0.3) is 0 Å². The van der Waals surface area contributed by atoms with Crippen molar-refractivity contribution in [2.75, 3.05) is 5.75 Å². The van der Waals surface area contributed by atoms with Crippen molar-refractivity contribution in [1.29, 1.82) is 0 Å². The number of thioether (sulfide) groups is 1. The topological polar surface area (TPSA) is 57.0 Å². The van der Waals surface area contributed by atoms with Gasteiger partial charge in [0.15, 0.2) is 16.8 Å². The van der Waals surface area contributed by atoms with Crippen LogP contribution < -0.4 is 4.74 Å². The molecule has 1 aromatic heterocycles. The molecule has 4 rings (SSSR count). The molecule has 6 heteroatoms. The van der Waals surface area contributed by atoms with Crippen LogP contribution in [-0.4, -0.2) is 26.3 Å². The van der Waals surface area contributed by atoms with Crippen molar-refractivity contribution in [3.05, 3.63) is 83.7 Å². The molecule has 5 nitrogen and oxygen atoms in total. The van der Waals surface area contributed by atoms with Crippen LogP contribution >= 0.6 is 11.8 Å². The molecule has 1 aliphatic carbocycles. The molecule has 1 aliphatic rings. The first-order valence-electron chi connectivity index (χ1n) is 10.2. The molecule has 0 radical (unpaired) electrons. The summed E-state index contributed by atoms with van der Waals surface area (Å²) in [7, 11) is 0. The Morgan fingerprint density at radius 1 is 1.10 bits per heavy atom. The summed E-state index contributed by atoms with van der Waals surface area (Å²) in [5.74, 6) is 1.96. The number of benzene rings is 2. The van der Waals surface area contributed by atoms with Crippen molar-refractivity contribution in [2.24, 2.45) is 0 Å². The van der Waals surface area contributed by atoms with Gasteiger partial charge in [-0.2, -0.15) is 0 Å². The van der Waals surface area contributed by atoms with E-state index < -0.39 is 0 Å². The molecule has 0 bridgehead atoms. The van der Waals surface area contributed by atoms with Crippen LogP contribution in [0.25, 0.3) is 0 Å². The lowest BCUT2D eigenvalue weighted by Gasteiger charge is -2.16. The molecule has 2 aromatic carbocycles. The van der Waals surface area contributed by atoms with E-state index in [0.717, 1.165) is 24.4 Å². The lowest BCUT2D eigenvalue weighted by molar-refractivity contribution is 0.102. The normalized spacial score (nSPS) is 12.9. The number of hydrogen-bond donors (Lipinski definition) is 0. The SMILES string of the molecule is C=CCn1c(COc2ccc3c(c2)CCCC3)nnc1SCC(=O)c1ccccc1. The Hall–Kier alpha value is -2.86. The number of ether oxygens (including phenoxy) is 1. The van der Waals surface area contributed by atoms with Crippen LogP contribution in [0.3, 0.4) is 0 Å². The average molecular weight is 420 g/mol. The number of aromatic nitrogens is 3. The smallest absolute Gasteiger partial charge is 0.192 e. The second-order valence-electron chi connectivity index (χ2n) is 7.30. The van der Waals surface area contributed by atoms with E-state index in [-0.39, 0.29) is 5.78 Å². The quantitative estimate of drug-likeness (QED) is 0.281. The zero-order valence-electron chi connectivity index (χ0n) is 16.9. The van der Waals surface area contributed by atoms with Gasteiger partial charge >= 0.3 is 0 Å². The minimum Gasteiger partial charge on any atom is -0.486 e. The number of ketones is 1. The fraction of sp³-hybridized carbons (Fsp3) is 0.292. The number of aryl methyl sites for hydroxylation is 2. The highest BCUT2D eigenvalue weighted by atomic mass is 32.2. The molecular formula is C24H25N3O2S. The van der Waals surface area contributed by atoms with E-state index in [1.54, 1.807) is 6.08 Å². The van der Waals surface area contributed by atoms with Crippen molar-refractivity contribution in [3.63, 3.8) is 0 Å². The Morgan fingerprint density at radius 2 is 1.90 bits per heavy atom. The molecule has 0 N–H and O–H groups in total. The van der Waals surface area contributed by atoms with E-state index in [0.29, 0.717) is 29.6 Å². The van der Waals surface area contributed by atoms with Crippen LogP contribution in [0.1, 0.15) is 40.2 Å². The van der Waals surface area contributed by atoms with Crippen molar-refractivity contribution in [1.82, 2.24) is 14.8 Å². The number of hydrogen-bond acceptors (Lipinski definition) is 5. The van der Waals surface area contributed by atoms with E-state index in [2.05, 4.69) is 28.9 Å². The van der Waals surface area contributed by atoms with E-state index in [4.69, 9.17) is 4.74 Å². The highest BCUT2D eigenvalue weighted by Crippen LogP contribution is 2.26. The summed E-state index contributed by atoms with van der Waals surface area (Å²) in [6.07, 6.45) is 6.59. The number of fused-ring (bicyclic) bond motifs is 1. The highest BCUT2D eigenvalue weighted by Gasteiger charge is 2.15. The zero-order chi connectivity index (χ0) is 20.8. The van der Waals surface area contributed by atoms with Gasteiger partial charge in [0.05, 0.1) is 5.75 Å². The zero-order valence-corrected chi connectivity index (χ0v) is 17.7. The molecule has 0 spiro atoms. The summed E-state index contributed by atoms with van der Waals surface area (Å²) in [5, 5.41) is 9.27. The third-order valence-corrected chi connectivity index (χ3v) is 6.19. The third-order valence-electron chi connectivity index (χ3n) is 5.22. The van der Waals surface area contributed by atoms with Crippen molar-refractivity contribution in [3.8, 4) is 5.75 Å². The molecule has 0 saturated heterocycles. The number of allylic oxidation sites excluding steroid dienone is 1. The Labute approximate surface area is 181 Å². The van der Waals surface area contributed by atoms with E-state index in [1.807, 2.05) is 41.0 Å². The first kappa shape index (κ1) is 20.4. The summed E-state index contributed by atoms with van der Waals surface area (Å²) >= 11 is 1.39. The molecule has 0 amide bonds. The molecule has 0 aliphatic heterocycles. The monoisotopic (exact) mass is 419 g/mol. The van der Waals surface area contributed by atoms with Crippen LogP contribution in [0.5, 0.6) is 5.75 Å². The van der Waals surface area contributed by atoms with Crippen LogP contribution in [0.2, 0.25) is 0 Å². The Morgan fingerprint density at radius 3 is 2.70 bits per heavy atom. The maximum Gasteiger partial charge on any atom is 0.192 e. The summed E-state index contributed by atoms with van der Waals surface area (Å²) in [5.41, 5.74) is 3.53. The van der Waals surface area contributed by atoms with Gasteiger partial charge in [0.2, 0.25) is 0 Å². The maximum absolute atomic E-state index is 12.4. The molecule has 3 aromatic rings. The third kappa shape index (κ3) is 4.82. The number of carbonyl (C=O) groups excluding carboxylic acids is 1. The largest absolute Gasteiger partial charge is 0.486 e. The van der Waals surface area contributed by atoms with Gasteiger partial charge in [-0.3, -0.25) is 9.36 Å². The van der Waals surface area contributed by atoms with E-state index >= 15 is 0 Å². The van der Waals surface area contributed by atoms with Crippen LogP contribution in [0, 0.1) is 0 Å². The fourth-order valence-corrected chi connectivity index (χ4v) is 4.49. The lowest BCUT2D eigenvalue weighted by Crippen LogP contribution is -2.09. The minimum atomic E-state index is 0.0700. The van der Waals surface area contributed by atoms with Gasteiger partial charge in [-0.15, -0.1) is 16.8 Å². The standard InChI is InChI=1S/C24H25N3O2S/c1-2-14-27-23(16-29-21-13-12-18-8-6-7-11-20(18)15-21)25-26-24(27)30-17-22(28)19-9-4-3-5-10-19/h2-5,9-10,12-13,15H,1,6-8,11,14,16-17H2. The number of Topliss-reactive ketones (excluding diaryl/α,β-unsaturated/α-hetero) is 1. The van der Waals surface area contributed by atoms with Gasteiger partial charge in [-0.05, 0) is 48.9 Å². The summed E-state index contributed by atoms with van der Waals surface area (Å²) in [6.45, 7) is 4.73. The first-order chi connectivity index (χ1) is 14.7. The van der Waals surface area contributed by atoms with Crippen LogP contribution in [0.4, 0.5) is 0 Å². The molecule has 1 heterocycles. The Bertz CT molecular complexity index is 1030. The number of carbonyl (C=O) groups is 1. The van der Waals surface area contributed by atoms with Gasteiger partial charge in [0.1, 0.15) is 12.4 Å². The van der Waals surface area contributed by atoms with E-state index in [9.17, 15) is 4.79 Å². The van der Waals surface area contributed by atoms with Crippen molar-refractivity contribution >= 4 is 17.5 Å². The Balaban J connectivity index is 1.42. The number of nitrogens with zero attached hydrogens (tertiary/aromatic N) is 3. The van der Waals surface area contributed by atoms with E-state index in [1.165, 1.54) is 35.7 Å². The maximum atomic E-state index is 12.4. The van der Waals surface area contributed by atoms with Crippen molar-refractivity contribution < 1.29 is 9.53 Å². The predicted molar refractivity (Wildman–Crippen MR) is 119 cm³/mol. The molecular weight excluding hydrogens is 394 g/mol. The lowest BCUT2D eigenvalue weighted by atomic mass is 9.92. The average Bonchev–Trinajstić information content (AvgIpc) is 3.18. The molecule has 0 saturated carbocycles. The molecule has 0 fully saturated rings. The second-order valence-corrected chi connectivity index (χ2v) is 8.24. The van der Waals surface area contributed by atoms with Crippen LogP contribution in [-0.2, 0) is 26.0 Å². The van der Waals surface area contributed by atoms with Gasteiger partial charge in [-0.25, -0.2) is 0 Å². The first-order valence-corrected chi connectivity index (χ1v) is 11.2. The second kappa shape index (κ2) is 9.76. The fourth-order valence-electron chi connectivity index (χ4n) is 3.63. The highest BCUT2D eigenvalue weighted by molar-refractivity contribution is 7.99. The van der Waals surface area contributed by atoms with Crippen LogP contribution in [0.15, 0.2) is 66.3 Å². The molecule has 0 atom stereocenters. The summed E-state index contributed by atoms with van der Waals surface area (Å²) < 4.78 is 7.97. The molecule has 30 heavy (non-hydrogen) atoms. The number of rotatable bonds is 9. The summed E-state index contributed by atoms with van der Waals surface area (Å²) in [4.78, 5) is 12.4.